The minimum Gasteiger partial charge on any atom is -0.496 e. The highest BCUT2D eigenvalue weighted by Gasteiger charge is 2.36. The van der Waals surface area contributed by atoms with E-state index >= 15 is 0 Å². The number of nitrogens with zero attached hydrogens (tertiary/aromatic N) is 1. The Labute approximate surface area is 171 Å². The molecule has 6 heteroatoms. The van der Waals surface area contributed by atoms with E-state index in [-0.39, 0.29) is 18.4 Å². The van der Waals surface area contributed by atoms with Crippen molar-refractivity contribution in [1.82, 2.24) is 4.90 Å². The van der Waals surface area contributed by atoms with Gasteiger partial charge >= 0.3 is 6.03 Å². The normalized spacial score (nSPS) is 16.6. The maximum absolute atomic E-state index is 13.0. The molecule has 152 valence electrons. The van der Waals surface area contributed by atoms with E-state index in [9.17, 15) is 4.79 Å². The monoisotopic (exact) mass is 394 g/mol. The van der Waals surface area contributed by atoms with E-state index in [1.807, 2.05) is 12.3 Å². The Hall–Kier alpha value is -3.15. The minimum atomic E-state index is -0.341. The second kappa shape index (κ2) is 7.35. The van der Waals surface area contributed by atoms with Gasteiger partial charge in [-0.2, -0.15) is 0 Å². The van der Waals surface area contributed by atoms with Crippen molar-refractivity contribution in [3.63, 3.8) is 0 Å². The average molecular weight is 394 g/mol. The maximum atomic E-state index is 13.0. The molecule has 0 radical (unpaired) electrons. The van der Waals surface area contributed by atoms with E-state index in [1.54, 1.807) is 24.1 Å². The molecule has 0 fully saturated rings. The van der Waals surface area contributed by atoms with Crippen molar-refractivity contribution in [3.8, 4) is 17.2 Å². The van der Waals surface area contributed by atoms with Crippen LogP contribution in [0.15, 0.2) is 42.6 Å². The van der Waals surface area contributed by atoms with Gasteiger partial charge in [0.05, 0.1) is 7.11 Å². The van der Waals surface area contributed by atoms with Crippen LogP contribution in [-0.2, 0) is 6.42 Å². The molecule has 4 rings (SSSR count). The molecule has 0 saturated carbocycles. The van der Waals surface area contributed by atoms with Crippen molar-refractivity contribution >= 4 is 17.3 Å². The van der Waals surface area contributed by atoms with Gasteiger partial charge in [-0.15, -0.1) is 0 Å². The van der Waals surface area contributed by atoms with Gasteiger partial charge in [-0.05, 0) is 61.6 Å². The van der Waals surface area contributed by atoms with E-state index in [2.05, 4.69) is 44.3 Å². The summed E-state index contributed by atoms with van der Waals surface area (Å²) in [6, 6.07) is 11.5. The van der Waals surface area contributed by atoms with Crippen LogP contribution in [0.4, 0.5) is 10.5 Å². The van der Waals surface area contributed by atoms with Gasteiger partial charge in [0.1, 0.15) is 5.75 Å². The predicted molar refractivity (Wildman–Crippen MR) is 112 cm³/mol. The largest absolute Gasteiger partial charge is 0.496 e. The number of nitrogens with one attached hydrogen (secondary N) is 1. The van der Waals surface area contributed by atoms with Crippen molar-refractivity contribution in [2.24, 2.45) is 0 Å². The van der Waals surface area contributed by atoms with Gasteiger partial charge in [0.2, 0.25) is 6.79 Å². The van der Waals surface area contributed by atoms with Crippen LogP contribution < -0.4 is 19.5 Å². The number of ether oxygens (including phenoxy) is 3. The summed E-state index contributed by atoms with van der Waals surface area (Å²) in [5, 5.41) is 2.96. The van der Waals surface area contributed by atoms with Crippen LogP contribution in [0.5, 0.6) is 17.2 Å². The van der Waals surface area contributed by atoms with Crippen LogP contribution in [0.25, 0.3) is 5.57 Å². The lowest BCUT2D eigenvalue weighted by Gasteiger charge is -2.31. The van der Waals surface area contributed by atoms with Gasteiger partial charge in [-0.3, -0.25) is 4.90 Å². The number of methoxy groups -OCH3 is 1. The van der Waals surface area contributed by atoms with E-state index in [0.29, 0.717) is 17.2 Å². The number of carbonyl (C=O) groups is 1. The molecule has 2 aliphatic rings. The number of aryl methyl sites for hydroxylation is 1. The summed E-state index contributed by atoms with van der Waals surface area (Å²) in [5.74, 6) is 2.21. The molecule has 0 atom stereocenters. The zero-order valence-electron chi connectivity index (χ0n) is 17.2. The molecule has 6 nitrogen and oxygen atoms in total. The van der Waals surface area contributed by atoms with Crippen LogP contribution >= 0.6 is 0 Å². The first-order valence-electron chi connectivity index (χ1n) is 9.79. The number of hydrogen-bond donors (Lipinski definition) is 1. The second-order valence-corrected chi connectivity index (χ2v) is 7.89. The minimum absolute atomic E-state index is 0.180. The molecule has 2 amide bonds. The second-order valence-electron chi connectivity index (χ2n) is 7.89. The van der Waals surface area contributed by atoms with Crippen LogP contribution in [0, 0.1) is 0 Å². The summed E-state index contributed by atoms with van der Waals surface area (Å²) < 4.78 is 16.3. The fourth-order valence-electron chi connectivity index (χ4n) is 3.83. The quantitative estimate of drug-likeness (QED) is 0.789. The molecule has 0 bridgehead atoms. The van der Waals surface area contributed by atoms with Crippen LogP contribution in [0.2, 0.25) is 0 Å². The topological polar surface area (TPSA) is 60.0 Å². The van der Waals surface area contributed by atoms with Gasteiger partial charge < -0.3 is 19.5 Å². The number of urea groups is 1. The Bertz CT molecular complexity index is 981. The predicted octanol–water partition coefficient (Wildman–Crippen LogP) is 5.04. The molecular weight excluding hydrogens is 368 g/mol. The SMILES string of the molecule is CCc1ccc(C2=CN(C(=O)Nc3ccc4c(c3)OCO4)C(C)(C)C2)cc1OC. The Balaban J connectivity index is 1.56. The molecule has 2 aromatic carbocycles. The highest BCUT2D eigenvalue weighted by Crippen LogP contribution is 2.39. The number of amides is 2. The summed E-state index contributed by atoms with van der Waals surface area (Å²) in [4.78, 5) is 14.8. The number of carbonyl (C=O) groups excluding carboxylic acids is 1. The van der Waals surface area contributed by atoms with E-state index in [0.717, 1.165) is 29.7 Å². The van der Waals surface area contributed by atoms with Crippen molar-refractivity contribution in [3.05, 3.63) is 53.7 Å². The first-order valence-corrected chi connectivity index (χ1v) is 9.79. The smallest absolute Gasteiger partial charge is 0.326 e. The molecule has 2 heterocycles. The molecule has 29 heavy (non-hydrogen) atoms. The van der Waals surface area contributed by atoms with Gasteiger partial charge in [-0.25, -0.2) is 4.79 Å². The Morgan fingerprint density at radius 3 is 2.72 bits per heavy atom. The van der Waals surface area contributed by atoms with Crippen molar-refractivity contribution < 1.29 is 19.0 Å². The van der Waals surface area contributed by atoms with Crippen molar-refractivity contribution in [1.29, 1.82) is 0 Å². The number of fused-ring (bicyclic) bond motifs is 1. The van der Waals surface area contributed by atoms with Crippen molar-refractivity contribution in [2.75, 3.05) is 19.2 Å². The first kappa shape index (κ1) is 19.2. The molecule has 0 spiro atoms. The van der Waals surface area contributed by atoms with E-state index in [4.69, 9.17) is 14.2 Å². The highest BCUT2D eigenvalue weighted by molar-refractivity contribution is 5.93. The highest BCUT2D eigenvalue weighted by atomic mass is 16.7. The van der Waals surface area contributed by atoms with Crippen molar-refractivity contribution in [2.45, 2.75) is 39.2 Å². The summed E-state index contributed by atoms with van der Waals surface area (Å²) >= 11 is 0. The molecule has 0 saturated heterocycles. The average Bonchev–Trinajstić information content (AvgIpc) is 3.30. The number of benzene rings is 2. The Kier molecular flexibility index (Phi) is 4.86. The van der Waals surface area contributed by atoms with E-state index < -0.39 is 0 Å². The fourth-order valence-corrected chi connectivity index (χ4v) is 3.83. The zero-order valence-corrected chi connectivity index (χ0v) is 17.2. The Morgan fingerprint density at radius 1 is 1.17 bits per heavy atom. The van der Waals surface area contributed by atoms with Gasteiger partial charge in [0.25, 0.3) is 0 Å². The van der Waals surface area contributed by atoms with Gasteiger partial charge in [0.15, 0.2) is 11.5 Å². The third-order valence-electron chi connectivity index (χ3n) is 5.44. The molecular formula is C23H26N2O4. The lowest BCUT2D eigenvalue weighted by atomic mass is 9.94. The molecule has 0 unspecified atom stereocenters. The van der Waals surface area contributed by atoms with Crippen LogP contribution in [0.3, 0.4) is 0 Å². The van der Waals surface area contributed by atoms with E-state index in [1.165, 1.54) is 5.56 Å². The number of anilines is 1. The molecule has 0 aliphatic carbocycles. The summed E-state index contributed by atoms with van der Waals surface area (Å²) in [6.07, 6.45) is 3.61. The molecule has 2 aliphatic heterocycles. The fraction of sp³-hybridized carbons (Fsp3) is 0.348. The number of hydrogen-bond acceptors (Lipinski definition) is 4. The lowest BCUT2D eigenvalue weighted by molar-refractivity contribution is 0.174. The van der Waals surface area contributed by atoms with Crippen LogP contribution in [-0.4, -0.2) is 30.4 Å². The standard InChI is InChI=1S/C23H26N2O4/c1-5-15-6-7-16(10-20(15)27-4)17-12-23(2,3)25(13-17)22(26)24-18-8-9-19-21(11-18)29-14-28-19/h6-11,13H,5,12,14H2,1-4H3,(H,24,26). The summed E-state index contributed by atoms with van der Waals surface area (Å²) in [7, 11) is 1.69. The zero-order chi connectivity index (χ0) is 20.6. The third kappa shape index (κ3) is 3.62. The number of rotatable bonds is 4. The molecule has 2 aromatic rings. The van der Waals surface area contributed by atoms with Crippen LogP contribution in [0.1, 0.15) is 38.3 Å². The maximum Gasteiger partial charge on any atom is 0.326 e. The van der Waals surface area contributed by atoms with Gasteiger partial charge in [0, 0.05) is 23.5 Å². The summed E-state index contributed by atoms with van der Waals surface area (Å²) in [5.41, 5.74) is 3.69. The molecule has 1 N–H and O–H groups in total. The summed E-state index contributed by atoms with van der Waals surface area (Å²) in [6.45, 7) is 6.44. The molecule has 0 aromatic heterocycles. The van der Waals surface area contributed by atoms with Gasteiger partial charge in [-0.1, -0.05) is 19.1 Å². The lowest BCUT2D eigenvalue weighted by Crippen LogP contribution is -2.43. The Morgan fingerprint density at radius 2 is 1.97 bits per heavy atom. The first-order chi connectivity index (χ1) is 13.9. The third-order valence-corrected chi connectivity index (χ3v) is 5.44.